The van der Waals surface area contributed by atoms with Crippen LogP contribution in [0.1, 0.15) is 17.6 Å². The van der Waals surface area contributed by atoms with Crippen molar-refractivity contribution in [2.45, 2.75) is 6.30 Å². The molecule has 1 atom stereocenters. The molecule has 1 aliphatic rings. The lowest BCUT2D eigenvalue weighted by Gasteiger charge is -2.24. The lowest BCUT2D eigenvalue weighted by atomic mass is 10.1. The van der Waals surface area contributed by atoms with Crippen molar-refractivity contribution in [2.75, 3.05) is 7.05 Å². The summed E-state index contributed by atoms with van der Waals surface area (Å²) >= 11 is 0. The molecule has 3 heteroatoms. The summed E-state index contributed by atoms with van der Waals surface area (Å²) < 4.78 is 16.1. The molecule has 2 heterocycles. The fraction of sp³-hybridized carbons (Fsp3) is 0.231. The van der Waals surface area contributed by atoms with E-state index in [1.807, 2.05) is 42.0 Å². The number of para-hydroxylation sites is 1. The van der Waals surface area contributed by atoms with E-state index in [1.165, 1.54) is 0 Å². The number of aryl methyl sites for hydroxylation is 1. The molecule has 0 amide bonds. The average molecular weight is 216 g/mol. The third kappa shape index (κ3) is 1.06. The Balaban J connectivity index is 2.41. The van der Waals surface area contributed by atoms with Gasteiger partial charge in [0.2, 0.25) is 6.30 Å². The number of benzene rings is 1. The summed E-state index contributed by atoms with van der Waals surface area (Å²) in [5.74, 6) is 0. The van der Waals surface area contributed by atoms with Gasteiger partial charge in [0.1, 0.15) is 0 Å². The monoisotopic (exact) mass is 216 g/mol. The Morgan fingerprint density at radius 2 is 1.94 bits per heavy atom. The Kier molecular flexibility index (Phi) is 1.84. The van der Waals surface area contributed by atoms with Gasteiger partial charge in [0.05, 0.1) is 5.69 Å². The highest BCUT2D eigenvalue weighted by molar-refractivity contribution is 5.91. The van der Waals surface area contributed by atoms with Crippen molar-refractivity contribution in [3.63, 3.8) is 0 Å². The van der Waals surface area contributed by atoms with Gasteiger partial charge >= 0.3 is 0 Å². The first-order valence-corrected chi connectivity index (χ1v) is 5.31. The lowest BCUT2D eigenvalue weighted by Crippen LogP contribution is -2.20. The topological polar surface area (TPSA) is 8.17 Å². The Morgan fingerprint density at radius 1 is 1.19 bits per heavy atom. The highest BCUT2D eigenvalue weighted by atomic mass is 19.1. The predicted octanol–water partition coefficient (Wildman–Crippen LogP) is 3.06. The van der Waals surface area contributed by atoms with Crippen LogP contribution >= 0.6 is 0 Å². The second-order valence-corrected chi connectivity index (χ2v) is 4.19. The Labute approximate surface area is 93.6 Å². The molecule has 16 heavy (non-hydrogen) atoms. The first kappa shape index (κ1) is 9.46. The molecule has 0 bridgehead atoms. The molecule has 1 aromatic carbocycles. The predicted molar refractivity (Wildman–Crippen MR) is 63.6 cm³/mol. The smallest absolute Gasteiger partial charge is 0.213 e. The highest BCUT2D eigenvalue weighted by Gasteiger charge is 2.26. The highest BCUT2D eigenvalue weighted by Crippen LogP contribution is 2.36. The van der Waals surface area contributed by atoms with Crippen molar-refractivity contribution < 1.29 is 4.39 Å². The summed E-state index contributed by atoms with van der Waals surface area (Å²) in [6, 6.07) is 8.03. The maximum Gasteiger partial charge on any atom is 0.213 e. The van der Waals surface area contributed by atoms with E-state index in [0.717, 1.165) is 22.2 Å². The van der Waals surface area contributed by atoms with Crippen molar-refractivity contribution in [3.8, 4) is 0 Å². The quantitative estimate of drug-likeness (QED) is 0.614. The number of halogens is 1. The number of hydrogen-bond acceptors (Lipinski definition) is 1. The number of nitrogens with zero attached hydrogens (tertiary/aromatic N) is 2. The maximum absolute atomic E-state index is 14.1. The third-order valence-corrected chi connectivity index (χ3v) is 3.25. The van der Waals surface area contributed by atoms with E-state index in [4.69, 9.17) is 0 Å². The van der Waals surface area contributed by atoms with E-state index in [1.54, 1.807) is 18.1 Å². The van der Waals surface area contributed by atoms with Crippen molar-refractivity contribution in [2.24, 2.45) is 7.05 Å². The molecule has 1 aliphatic heterocycles. The molecule has 1 aromatic heterocycles. The van der Waals surface area contributed by atoms with Crippen molar-refractivity contribution in [1.82, 2.24) is 9.47 Å². The molecule has 1 unspecified atom stereocenters. The maximum atomic E-state index is 14.1. The normalized spacial score (nSPS) is 19.2. The Morgan fingerprint density at radius 3 is 2.75 bits per heavy atom. The molecule has 0 N–H and O–H groups in total. The van der Waals surface area contributed by atoms with E-state index in [2.05, 4.69) is 0 Å². The number of fused-ring (bicyclic) bond motifs is 3. The van der Waals surface area contributed by atoms with Crippen LogP contribution in [0.3, 0.4) is 0 Å². The van der Waals surface area contributed by atoms with Gasteiger partial charge in [-0.15, -0.1) is 0 Å². The minimum Gasteiger partial charge on any atom is -0.347 e. The second kappa shape index (κ2) is 3.11. The lowest BCUT2D eigenvalue weighted by molar-refractivity contribution is 0.151. The van der Waals surface area contributed by atoms with E-state index in [9.17, 15) is 4.39 Å². The molecule has 0 aliphatic carbocycles. The van der Waals surface area contributed by atoms with Crippen molar-refractivity contribution in [3.05, 3.63) is 41.7 Å². The second-order valence-electron chi connectivity index (χ2n) is 4.19. The summed E-state index contributed by atoms with van der Waals surface area (Å²) in [6.07, 6.45) is 2.71. The molecule has 2 nitrogen and oxygen atoms in total. The van der Waals surface area contributed by atoms with Gasteiger partial charge in [-0.3, -0.25) is 0 Å². The summed E-state index contributed by atoms with van der Waals surface area (Å²) in [7, 11) is 3.67. The Hall–Kier alpha value is -1.77. The zero-order valence-corrected chi connectivity index (χ0v) is 9.31. The van der Waals surface area contributed by atoms with Crippen LogP contribution in [0.2, 0.25) is 0 Å². The van der Waals surface area contributed by atoms with Crippen LogP contribution in [0, 0.1) is 0 Å². The zero-order chi connectivity index (χ0) is 11.3. The standard InChI is InChI=1S/C13H13FN2/c1-15-8-7-10-9-5-3-4-6-11(9)16(2)12(10)13(15)14/h3-8,13H,1-2H3. The number of hydrogen-bond donors (Lipinski definition) is 0. The molecule has 3 rings (SSSR count). The fourth-order valence-corrected chi connectivity index (χ4v) is 2.37. The van der Waals surface area contributed by atoms with Gasteiger partial charge in [-0.05, 0) is 12.1 Å². The molecule has 0 saturated carbocycles. The largest absolute Gasteiger partial charge is 0.347 e. The van der Waals surface area contributed by atoms with Gasteiger partial charge in [0.25, 0.3) is 0 Å². The average Bonchev–Trinajstić information content (AvgIpc) is 2.59. The van der Waals surface area contributed by atoms with Gasteiger partial charge < -0.3 is 9.47 Å². The first-order valence-electron chi connectivity index (χ1n) is 5.31. The van der Waals surface area contributed by atoms with E-state index in [-0.39, 0.29) is 0 Å². The van der Waals surface area contributed by atoms with Crippen molar-refractivity contribution in [1.29, 1.82) is 0 Å². The molecule has 0 radical (unpaired) electrons. The summed E-state index contributed by atoms with van der Waals surface area (Å²) in [6.45, 7) is 0. The minimum absolute atomic E-state index is 0.742. The van der Waals surface area contributed by atoms with Crippen LogP contribution in [0.15, 0.2) is 30.5 Å². The van der Waals surface area contributed by atoms with Crippen LogP contribution < -0.4 is 0 Å². The molecule has 2 aromatic rings. The first-order chi connectivity index (χ1) is 7.70. The summed E-state index contributed by atoms with van der Waals surface area (Å²) in [5, 5.41) is 1.12. The van der Waals surface area contributed by atoms with E-state index >= 15 is 0 Å². The van der Waals surface area contributed by atoms with Crippen LogP contribution in [0.25, 0.3) is 17.0 Å². The number of alkyl halides is 1. The van der Waals surface area contributed by atoms with E-state index in [0.29, 0.717) is 0 Å². The van der Waals surface area contributed by atoms with Gasteiger partial charge in [0, 0.05) is 36.8 Å². The third-order valence-electron chi connectivity index (χ3n) is 3.25. The van der Waals surface area contributed by atoms with Crippen LogP contribution in [-0.4, -0.2) is 16.5 Å². The summed E-state index contributed by atoms with van der Waals surface area (Å²) in [4.78, 5) is 1.58. The molecule has 0 fully saturated rings. The van der Waals surface area contributed by atoms with Gasteiger partial charge in [-0.25, -0.2) is 4.39 Å². The van der Waals surface area contributed by atoms with Crippen LogP contribution in [0.5, 0.6) is 0 Å². The van der Waals surface area contributed by atoms with Gasteiger partial charge in [-0.2, -0.15) is 0 Å². The SMILES string of the molecule is CN1C=Cc2c(n(C)c3ccccc23)C1F. The molecule has 82 valence electrons. The fourth-order valence-electron chi connectivity index (χ4n) is 2.37. The van der Waals surface area contributed by atoms with E-state index < -0.39 is 6.30 Å². The molecular formula is C13H13FN2. The molecular weight excluding hydrogens is 203 g/mol. The van der Waals surface area contributed by atoms with Crippen molar-refractivity contribution >= 4 is 17.0 Å². The summed E-state index contributed by atoms with van der Waals surface area (Å²) in [5.41, 5.74) is 2.82. The van der Waals surface area contributed by atoms with Crippen LogP contribution in [0.4, 0.5) is 4.39 Å². The number of rotatable bonds is 0. The molecule has 0 saturated heterocycles. The number of aromatic nitrogens is 1. The van der Waals surface area contributed by atoms with Crippen LogP contribution in [-0.2, 0) is 7.05 Å². The Bertz CT molecular complexity index is 583. The van der Waals surface area contributed by atoms with Gasteiger partial charge in [0.15, 0.2) is 0 Å². The van der Waals surface area contributed by atoms with Gasteiger partial charge in [-0.1, -0.05) is 18.2 Å². The zero-order valence-electron chi connectivity index (χ0n) is 9.31. The minimum atomic E-state index is -1.06. The molecule has 0 spiro atoms.